The normalized spacial score (nSPS) is 12.1. The van der Waals surface area contributed by atoms with Crippen LogP contribution in [0.25, 0.3) is 0 Å². The van der Waals surface area contributed by atoms with Gasteiger partial charge in [-0.3, -0.25) is 9.52 Å². The number of nitrogens with one attached hydrogen (secondary N) is 2. The van der Waals surface area contributed by atoms with Gasteiger partial charge in [-0.1, -0.05) is 12.1 Å². The van der Waals surface area contributed by atoms with Gasteiger partial charge in [-0.15, -0.1) is 0 Å². The van der Waals surface area contributed by atoms with Crippen molar-refractivity contribution >= 4 is 21.6 Å². The van der Waals surface area contributed by atoms with E-state index in [0.29, 0.717) is 22.6 Å². The summed E-state index contributed by atoms with van der Waals surface area (Å²) in [6.07, 6.45) is 0. The maximum absolute atomic E-state index is 13.1. The third-order valence-corrected chi connectivity index (χ3v) is 6.20. The van der Waals surface area contributed by atoms with Crippen LogP contribution in [0.1, 0.15) is 34.5 Å². The van der Waals surface area contributed by atoms with Crippen molar-refractivity contribution in [2.75, 3.05) is 11.8 Å². The molecule has 3 rings (SSSR count). The van der Waals surface area contributed by atoms with Crippen molar-refractivity contribution in [2.45, 2.75) is 24.8 Å². The van der Waals surface area contributed by atoms with Crippen molar-refractivity contribution < 1.29 is 22.3 Å². The minimum Gasteiger partial charge on any atom is -0.497 e. The van der Waals surface area contributed by atoms with E-state index in [2.05, 4.69) is 10.0 Å². The number of halogens is 1. The number of carbonyl (C=O) groups is 1. The van der Waals surface area contributed by atoms with Crippen molar-refractivity contribution in [1.82, 2.24) is 5.32 Å². The van der Waals surface area contributed by atoms with E-state index < -0.39 is 10.0 Å². The molecule has 0 saturated carbocycles. The van der Waals surface area contributed by atoms with Crippen molar-refractivity contribution in [3.8, 4) is 5.75 Å². The van der Waals surface area contributed by atoms with Gasteiger partial charge in [0, 0.05) is 5.56 Å². The molecule has 0 unspecified atom stereocenters. The molecule has 31 heavy (non-hydrogen) atoms. The van der Waals surface area contributed by atoms with E-state index in [1.807, 2.05) is 0 Å². The van der Waals surface area contributed by atoms with Gasteiger partial charge >= 0.3 is 0 Å². The highest BCUT2D eigenvalue weighted by Crippen LogP contribution is 2.23. The summed E-state index contributed by atoms with van der Waals surface area (Å²) < 4.78 is 45.9. The predicted molar refractivity (Wildman–Crippen MR) is 117 cm³/mol. The van der Waals surface area contributed by atoms with Gasteiger partial charge in [0.15, 0.2) is 0 Å². The number of aryl methyl sites for hydroxylation is 1. The molecule has 0 fully saturated rings. The highest BCUT2D eigenvalue weighted by atomic mass is 32.2. The Morgan fingerprint density at radius 2 is 1.65 bits per heavy atom. The lowest BCUT2D eigenvalue weighted by Gasteiger charge is -2.16. The number of rotatable bonds is 7. The monoisotopic (exact) mass is 442 g/mol. The zero-order chi connectivity index (χ0) is 22.6. The minimum absolute atomic E-state index is 0.0997. The lowest BCUT2D eigenvalue weighted by molar-refractivity contribution is 0.0940. The second kappa shape index (κ2) is 9.18. The van der Waals surface area contributed by atoms with Crippen LogP contribution in [0.2, 0.25) is 0 Å². The summed E-state index contributed by atoms with van der Waals surface area (Å²) in [6, 6.07) is 16.3. The molecule has 162 valence electrons. The molecule has 1 amide bonds. The third kappa shape index (κ3) is 5.40. The quantitative estimate of drug-likeness (QED) is 0.567. The number of amides is 1. The molecular weight excluding hydrogens is 419 g/mol. The Balaban J connectivity index is 1.72. The summed E-state index contributed by atoms with van der Waals surface area (Å²) in [6.45, 7) is 3.52. The Bertz CT molecular complexity index is 1180. The molecule has 3 aromatic carbocycles. The number of hydrogen-bond donors (Lipinski definition) is 2. The van der Waals surface area contributed by atoms with Gasteiger partial charge in [0.2, 0.25) is 0 Å². The molecule has 6 nitrogen and oxygen atoms in total. The van der Waals surface area contributed by atoms with Gasteiger partial charge in [0.05, 0.1) is 23.7 Å². The molecule has 0 aromatic heterocycles. The van der Waals surface area contributed by atoms with E-state index in [1.165, 1.54) is 31.4 Å². The zero-order valence-electron chi connectivity index (χ0n) is 17.3. The molecule has 0 saturated heterocycles. The fourth-order valence-electron chi connectivity index (χ4n) is 2.99. The smallest absolute Gasteiger partial charge is 0.261 e. The number of hydrogen-bond acceptors (Lipinski definition) is 4. The summed E-state index contributed by atoms with van der Waals surface area (Å²) in [4.78, 5) is 12.7. The molecule has 0 bridgehead atoms. The van der Waals surface area contributed by atoms with Crippen LogP contribution < -0.4 is 14.8 Å². The van der Waals surface area contributed by atoms with Crippen LogP contribution in [0.15, 0.2) is 71.6 Å². The SMILES string of the molecule is COc1ccc(S(=O)(=O)Nc2ccc(C(=O)N[C@H](C)c3ccc(F)cc3)cc2C)cc1. The largest absolute Gasteiger partial charge is 0.497 e. The average Bonchev–Trinajstić information content (AvgIpc) is 2.75. The standard InChI is InChI=1S/C23H23FN2O4S/c1-15-14-18(23(27)25-16(2)17-4-7-19(24)8-5-17)6-13-22(15)26-31(28,29)21-11-9-20(30-3)10-12-21/h4-14,16,26H,1-3H3,(H,25,27)/t16-/m1/s1. The number of benzene rings is 3. The summed E-state index contributed by atoms with van der Waals surface area (Å²) in [7, 11) is -2.29. The van der Waals surface area contributed by atoms with Crippen molar-refractivity contribution in [1.29, 1.82) is 0 Å². The first-order chi connectivity index (χ1) is 14.7. The van der Waals surface area contributed by atoms with Crippen LogP contribution in [0.5, 0.6) is 5.75 Å². The molecule has 0 spiro atoms. The number of carbonyl (C=O) groups excluding carboxylic acids is 1. The van der Waals surface area contributed by atoms with Crippen molar-refractivity contribution in [3.05, 3.63) is 89.2 Å². The van der Waals surface area contributed by atoms with Crippen LogP contribution >= 0.6 is 0 Å². The molecule has 0 heterocycles. The topological polar surface area (TPSA) is 84.5 Å². The maximum atomic E-state index is 13.1. The first-order valence-corrected chi connectivity index (χ1v) is 11.0. The first-order valence-electron chi connectivity index (χ1n) is 9.53. The van der Waals surface area contributed by atoms with Gasteiger partial charge in [-0.25, -0.2) is 12.8 Å². The highest BCUT2D eigenvalue weighted by molar-refractivity contribution is 7.92. The fraction of sp³-hybridized carbons (Fsp3) is 0.174. The lowest BCUT2D eigenvalue weighted by atomic mass is 10.1. The Labute approximate surface area is 181 Å². The Morgan fingerprint density at radius 1 is 1.00 bits per heavy atom. The van der Waals surface area contributed by atoms with Gasteiger partial charge in [-0.05, 0) is 79.6 Å². The summed E-state index contributed by atoms with van der Waals surface area (Å²) >= 11 is 0. The summed E-state index contributed by atoms with van der Waals surface area (Å²) in [5.41, 5.74) is 2.13. The minimum atomic E-state index is -3.79. The molecule has 0 aliphatic heterocycles. The van der Waals surface area contributed by atoms with Gasteiger partial charge in [-0.2, -0.15) is 0 Å². The second-order valence-corrected chi connectivity index (χ2v) is 8.74. The van der Waals surface area contributed by atoms with E-state index in [4.69, 9.17) is 4.74 Å². The molecule has 2 N–H and O–H groups in total. The third-order valence-electron chi connectivity index (χ3n) is 4.82. The van der Waals surface area contributed by atoms with Gasteiger partial charge < -0.3 is 10.1 Å². The lowest BCUT2D eigenvalue weighted by Crippen LogP contribution is -2.26. The molecule has 0 radical (unpaired) electrons. The number of anilines is 1. The fourth-order valence-corrected chi connectivity index (χ4v) is 4.12. The van der Waals surface area contributed by atoms with E-state index in [1.54, 1.807) is 56.3 Å². The molecule has 8 heteroatoms. The molecule has 1 atom stereocenters. The van der Waals surface area contributed by atoms with Crippen LogP contribution in [0.3, 0.4) is 0 Å². The summed E-state index contributed by atoms with van der Waals surface area (Å²) in [5.74, 6) is -0.101. The van der Waals surface area contributed by atoms with Gasteiger partial charge in [0.25, 0.3) is 15.9 Å². The Hall–Kier alpha value is -3.39. The van der Waals surface area contributed by atoms with Gasteiger partial charge in [0.1, 0.15) is 11.6 Å². The molecular formula is C23H23FN2O4S. The highest BCUT2D eigenvalue weighted by Gasteiger charge is 2.17. The van der Waals surface area contributed by atoms with Crippen LogP contribution in [-0.2, 0) is 10.0 Å². The number of ether oxygens (including phenoxy) is 1. The maximum Gasteiger partial charge on any atom is 0.261 e. The van der Waals surface area contributed by atoms with Crippen molar-refractivity contribution in [2.24, 2.45) is 0 Å². The molecule has 3 aromatic rings. The van der Waals surface area contributed by atoms with E-state index >= 15 is 0 Å². The van der Waals surface area contributed by atoms with E-state index in [0.717, 1.165) is 5.56 Å². The van der Waals surface area contributed by atoms with Crippen LogP contribution in [0, 0.1) is 12.7 Å². The Morgan fingerprint density at radius 3 is 2.23 bits per heavy atom. The molecule has 0 aliphatic carbocycles. The number of sulfonamides is 1. The van der Waals surface area contributed by atoms with Crippen LogP contribution in [0.4, 0.5) is 10.1 Å². The second-order valence-electron chi connectivity index (χ2n) is 7.06. The van der Waals surface area contributed by atoms with Crippen molar-refractivity contribution in [3.63, 3.8) is 0 Å². The Kier molecular flexibility index (Phi) is 6.60. The average molecular weight is 443 g/mol. The van der Waals surface area contributed by atoms with E-state index in [-0.39, 0.29) is 22.7 Å². The number of methoxy groups -OCH3 is 1. The predicted octanol–water partition coefficient (Wildman–Crippen LogP) is 4.43. The zero-order valence-corrected chi connectivity index (χ0v) is 18.2. The summed E-state index contributed by atoms with van der Waals surface area (Å²) in [5, 5.41) is 2.85. The first kappa shape index (κ1) is 22.3. The molecule has 0 aliphatic rings. The van der Waals surface area contributed by atoms with Crippen LogP contribution in [-0.4, -0.2) is 21.4 Å². The van der Waals surface area contributed by atoms with E-state index in [9.17, 15) is 17.6 Å².